The first-order chi connectivity index (χ1) is 14.0. The number of thiocarbonyl (C=S) groups is 1. The Kier molecular flexibility index (Phi) is 8.10. The van der Waals surface area contributed by atoms with E-state index in [2.05, 4.69) is 33.6 Å². The molecule has 3 rings (SSSR count). The first-order valence-electron chi connectivity index (χ1n) is 11.1. The summed E-state index contributed by atoms with van der Waals surface area (Å²) in [7, 11) is 2.05. The summed E-state index contributed by atoms with van der Waals surface area (Å²) in [5, 5.41) is 16.9. The van der Waals surface area contributed by atoms with Crippen molar-refractivity contribution in [3.05, 3.63) is 0 Å². The van der Waals surface area contributed by atoms with E-state index >= 15 is 0 Å². The molecule has 162 valence electrons. The van der Waals surface area contributed by atoms with Crippen molar-refractivity contribution in [1.82, 2.24) is 20.4 Å². The predicted octanol–water partition coefficient (Wildman–Crippen LogP) is 1.64. The normalized spacial score (nSPS) is 24.3. The molecule has 0 spiro atoms. The van der Waals surface area contributed by atoms with Crippen LogP contribution >= 0.6 is 12.2 Å². The van der Waals surface area contributed by atoms with Crippen molar-refractivity contribution >= 4 is 23.2 Å². The summed E-state index contributed by atoms with van der Waals surface area (Å²) in [5.41, 5.74) is -0.767. The molecular formula is C21H35N5O2S. The number of hydrogen-bond donors (Lipinski definition) is 2. The number of nitriles is 1. The standard InChI is InChI=1S/C21H35N5O2S/c1-25-9-7-21(16-22,8-10-25)24-19(27)18(15-17-5-3-2-4-6-17)23-20(29)26-11-13-28-14-12-26/h17-18H,2-15H2,1H3,(H,23,29)(H,24,27). The molecule has 1 aliphatic carbocycles. The maximum absolute atomic E-state index is 13.3. The van der Waals surface area contributed by atoms with Crippen LogP contribution in [0, 0.1) is 17.2 Å². The van der Waals surface area contributed by atoms with Crippen molar-refractivity contribution in [3.63, 3.8) is 0 Å². The van der Waals surface area contributed by atoms with E-state index < -0.39 is 11.6 Å². The summed E-state index contributed by atoms with van der Waals surface area (Å²) >= 11 is 5.62. The second-order valence-electron chi connectivity index (χ2n) is 8.83. The molecule has 0 aromatic heterocycles. The van der Waals surface area contributed by atoms with Gasteiger partial charge in [0.05, 0.1) is 19.3 Å². The Bertz CT molecular complexity index is 603. The Balaban J connectivity index is 1.66. The predicted molar refractivity (Wildman–Crippen MR) is 116 cm³/mol. The highest BCUT2D eigenvalue weighted by Gasteiger charge is 2.38. The van der Waals surface area contributed by atoms with Gasteiger partial charge < -0.3 is 25.2 Å². The van der Waals surface area contributed by atoms with Crippen molar-refractivity contribution < 1.29 is 9.53 Å². The van der Waals surface area contributed by atoms with Crippen LogP contribution in [0.3, 0.4) is 0 Å². The minimum absolute atomic E-state index is 0.0858. The number of rotatable bonds is 5. The van der Waals surface area contributed by atoms with E-state index in [1.165, 1.54) is 32.1 Å². The Hall–Kier alpha value is -1.43. The molecule has 2 heterocycles. The van der Waals surface area contributed by atoms with E-state index in [1.54, 1.807) is 0 Å². The third-order valence-electron chi connectivity index (χ3n) is 6.62. The fourth-order valence-corrected chi connectivity index (χ4v) is 4.91. The van der Waals surface area contributed by atoms with Crippen LogP contribution in [-0.4, -0.2) is 78.8 Å². The molecule has 0 bridgehead atoms. The fourth-order valence-electron chi connectivity index (χ4n) is 4.58. The molecule has 0 radical (unpaired) electrons. The molecular weight excluding hydrogens is 386 g/mol. The zero-order valence-corrected chi connectivity index (χ0v) is 18.4. The monoisotopic (exact) mass is 421 g/mol. The summed E-state index contributed by atoms with van der Waals surface area (Å²) in [6.07, 6.45) is 8.21. The number of carbonyl (C=O) groups is 1. The van der Waals surface area contributed by atoms with Crippen LogP contribution in [0.5, 0.6) is 0 Å². The van der Waals surface area contributed by atoms with Crippen LogP contribution < -0.4 is 10.6 Å². The van der Waals surface area contributed by atoms with Crippen molar-refractivity contribution in [1.29, 1.82) is 5.26 Å². The molecule has 2 N–H and O–H groups in total. The van der Waals surface area contributed by atoms with Gasteiger partial charge in [-0.3, -0.25) is 4.79 Å². The maximum Gasteiger partial charge on any atom is 0.243 e. The Morgan fingerprint density at radius 2 is 1.86 bits per heavy atom. The lowest BCUT2D eigenvalue weighted by atomic mass is 9.84. The summed E-state index contributed by atoms with van der Waals surface area (Å²) in [6.45, 7) is 4.45. The van der Waals surface area contributed by atoms with E-state index in [9.17, 15) is 10.1 Å². The van der Waals surface area contributed by atoms with Gasteiger partial charge in [0.1, 0.15) is 11.6 Å². The second kappa shape index (κ2) is 10.6. The van der Waals surface area contributed by atoms with Gasteiger partial charge in [-0.2, -0.15) is 5.26 Å². The number of hydrogen-bond acceptors (Lipinski definition) is 5. The molecule has 0 aromatic rings. The van der Waals surface area contributed by atoms with Crippen LogP contribution in [-0.2, 0) is 9.53 Å². The van der Waals surface area contributed by atoms with Gasteiger partial charge in [0.2, 0.25) is 5.91 Å². The molecule has 29 heavy (non-hydrogen) atoms. The lowest BCUT2D eigenvalue weighted by Crippen LogP contribution is -2.60. The summed E-state index contributed by atoms with van der Waals surface area (Å²) in [6, 6.07) is 2.01. The average molecular weight is 422 g/mol. The largest absolute Gasteiger partial charge is 0.378 e. The highest BCUT2D eigenvalue weighted by atomic mass is 32.1. The average Bonchev–Trinajstić information content (AvgIpc) is 2.76. The smallest absolute Gasteiger partial charge is 0.243 e. The molecule has 1 atom stereocenters. The highest BCUT2D eigenvalue weighted by Crippen LogP contribution is 2.28. The van der Waals surface area contributed by atoms with Gasteiger partial charge >= 0.3 is 0 Å². The number of amides is 1. The van der Waals surface area contributed by atoms with E-state index in [-0.39, 0.29) is 5.91 Å². The van der Waals surface area contributed by atoms with E-state index in [1.807, 2.05) is 0 Å². The van der Waals surface area contributed by atoms with Crippen molar-refractivity contribution in [2.24, 2.45) is 5.92 Å². The first kappa shape index (κ1) is 22.3. The van der Waals surface area contributed by atoms with Crippen LogP contribution in [0.2, 0.25) is 0 Å². The molecule has 1 amide bonds. The van der Waals surface area contributed by atoms with Crippen LogP contribution in [0.25, 0.3) is 0 Å². The van der Waals surface area contributed by atoms with Gasteiger partial charge in [0, 0.05) is 26.2 Å². The SMILES string of the molecule is CN1CCC(C#N)(NC(=O)C(CC2CCCCC2)NC(=S)N2CCOCC2)CC1. The van der Waals surface area contributed by atoms with Gasteiger partial charge in [0.25, 0.3) is 0 Å². The minimum Gasteiger partial charge on any atom is -0.378 e. The second-order valence-corrected chi connectivity index (χ2v) is 9.21. The molecule has 3 fully saturated rings. The van der Waals surface area contributed by atoms with Gasteiger partial charge in [-0.05, 0) is 44.4 Å². The van der Waals surface area contributed by atoms with Crippen LogP contribution in [0.1, 0.15) is 51.4 Å². The highest BCUT2D eigenvalue weighted by molar-refractivity contribution is 7.80. The summed E-state index contributed by atoms with van der Waals surface area (Å²) in [5.74, 6) is 0.451. The third kappa shape index (κ3) is 6.27. The zero-order valence-electron chi connectivity index (χ0n) is 17.6. The van der Waals surface area contributed by atoms with Crippen LogP contribution in [0.15, 0.2) is 0 Å². The van der Waals surface area contributed by atoms with Crippen molar-refractivity contribution in [2.45, 2.75) is 62.9 Å². The Morgan fingerprint density at radius 1 is 1.21 bits per heavy atom. The van der Waals surface area contributed by atoms with Crippen LogP contribution in [0.4, 0.5) is 0 Å². The Morgan fingerprint density at radius 3 is 2.48 bits per heavy atom. The van der Waals surface area contributed by atoms with Gasteiger partial charge in [-0.25, -0.2) is 0 Å². The minimum atomic E-state index is -0.767. The Labute approximate surface area is 180 Å². The number of likely N-dealkylation sites (tertiary alicyclic amines) is 1. The number of carbonyl (C=O) groups excluding carboxylic acids is 1. The van der Waals surface area contributed by atoms with Crippen molar-refractivity contribution in [3.8, 4) is 6.07 Å². The quantitative estimate of drug-likeness (QED) is 0.653. The molecule has 7 nitrogen and oxygen atoms in total. The molecule has 2 aliphatic heterocycles. The summed E-state index contributed by atoms with van der Waals surface area (Å²) < 4.78 is 5.41. The number of morpholine rings is 1. The fraction of sp³-hybridized carbons (Fsp3) is 0.857. The van der Waals surface area contributed by atoms with E-state index in [0.717, 1.165) is 32.6 Å². The van der Waals surface area contributed by atoms with E-state index in [4.69, 9.17) is 17.0 Å². The van der Waals surface area contributed by atoms with Gasteiger partial charge in [0.15, 0.2) is 5.11 Å². The topological polar surface area (TPSA) is 80.6 Å². The first-order valence-corrected chi connectivity index (χ1v) is 11.5. The molecule has 1 saturated carbocycles. The molecule has 0 aromatic carbocycles. The maximum atomic E-state index is 13.3. The molecule has 1 unspecified atom stereocenters. The molecule has 8 heteroatoms. The molecule has 2 saturated heterocycles. The van der Waals surface area contributed by atoms with Crippen molar-refractivity contribution in [2.75, 3.05) is 46.4 Å². The lowest BCUT2D eigenvalue weighted by molar-refractivity contribution is -0.125. The van der Waals surface area contributed by atoms with Gasteiger partial charge in [-0.1, -0.05) is 32.1 Å². The summed E-state index contributed by atoms with van der Waals surface area (Å²) in [4.78, 5) is 17.6. The van der Waals surface area contributed by atoms with Gasteiger partial charge in [-0.15, -0.1) is 0 Å². The lowest BCUT2D eigenvalue weighted by Gasteiger charge is -2.38. The number of nitrogens with one attached hydrogen (secondary N) is 2. The molecule has 3 aliphatic rings. The van der Waals surface area contributed by atoms with E-state index in [0.29, 0.717) is 37.1 Å². The third-order valence-corrected chi connectivity index (χ3v) is 7.00. The number of nitrogens with zero attached hydrogens (tertiary/aromatic N) is 3. The number of ether oxygens (including phenoxy) is 1. The number of piperidine rings is 1. The zero-order chi connectivity index (χ0) is 20.7.